The lowest BCUT2D eigenvalue weighted by Crippen LogP contribution is -2.15. The highest BCUT2D eigenvalue weighted by Crippen LogP contribution is 2.33. The number of benzene rings is 2. The second-order valence-corrected chi connectivity index (χ2v) is 6.67. The molecule has 3 rings (SSSR count). The summed E-state index contributed by atoms with van der Waals surface area (Å²) in [6.45, 7) is 5.23. The predicted octanol–water partition coefficient (Wildman–Crippen LogP) is 4.35. The van der Waals surface area contributed by atoms with Crippen LogP contribution in [0.3, 0.4) is 0 Å². The molecule has 3 aromatic rings. The summed E-state index contributed by atoms with van der Waals surface area (Å²) < 4.78 is 21.8. The lowest BCUT2D eigenvalue weighted by atomic mass is 10.0. The van der Waals surface area contributed by atoms with E-state index in [1.807, 2.05) is 0 Å². The molecule has 146 valence electrons. The van der Waals surface area contributed by atoms with Crippen molar-refractivity contribution in [1.29, 1.82) is 0 Å². The van der Waals surface area contributed by atoms with Crippen LogP contribution in [-0.2, 0) is 4.79 Å². The summed E-state index contributed by atoms with van der Waals surface area (Å²) in [6.07, 6.45) is 0. The van der Waals surface area contributed by atoms with Crippen LogP contribution >= 0.6 is 0 Å². The van der Waals surface area contributed by atoms with Gasteiger partial charge in [0.25, 0.3) is 0 Å². The standard InChI is InChI=1S/C22H22O6/c1-12(2)22(24)28-15-7-8-16-18(11-15)27-13(3)20(21(16)23)14-6-9-17(25-4)19(10-14)26-5/h6-12H,1-5H3. The number of ether oxygens (including phenoxy) is 3. The van der Waals surface area contributed by atoms with Crippen LogP contribution in [0.15, 0.2) is 45.6 Å². The van der Waals surface area contributed by atoms with Crippen molar-refractivity contribution in [3.63, 3.8) is 0 Å². The van der Waals surface area contributed by atoms with Crippen molar-refractivity contribution in [2.45, 2.75) is 20.8 Å². The second kappa shape index (κ2) is 7.76. The third-order valence-electron chi connectivity index (χ3n) is 4.40. The molecule has 0 saturated carbocycles. The first kappa shape index (κ1) is 19.5. The van der Waals surface area contributed by atoms with Gasteiger partial charge < -0.3 is 18.6 Å². The first-order chi connectivity index (χ1) is 13.3. The molecule has 1 aromatic heterocycles. The lowest BCUT2D eigenvalue weighted by molar-refractivity contribution is -0.137. The Labute approximate surface area is 162 Å². The number of carbonyl (C=O) groups is 1. The molecule has 1 heterocycles. The molecule has 6 heteroatoms. The highest BCUT2D eigenvalue weighted by Gasteiger charge is 2.17. The van der Waals surface area contributed by atoms with Crippen LogP contribution in [0.25, 0.3) is 22.1 Å². The van der Waals surface area contributed by atoms with E-state index < -0.39 is 0 Å². The molecule has 0 N–H and O–H groups in total. The molecule has 2 aromatic carbocycles. The predicted molar refractivity (Wildman–Crippen MR) is 106 cm³/mol. The van der Waals surface area contributed by atoms with Crippen molar-refractivity contribution in [2.75, 3.05) is 14.2 Å². The Morgan fingerprint density at radius 1 is 1.00 bits per heavy atom. The normalized spacial score (nSPS) is 10.9. The molecule has 0 atom stereocenters. The summed E-state index contributed by atoms with van der Waals surface area (Å²) in [4.78, 5) is 24.9. The lowest BCUT2D eigenvalue weighted by Gasteiger charge is -2.12. The van der Waals surface area contributed by atoms with Crippen LogP contribution in [-0.4, -0.2) is 20.2 Å². The molecule has 0 spiro atoms. The largest absolute Gasteiger partial charge is 0.493 e. The van der Waals surface area contributed by atoms with Crippen LogP contribution in [0.2, 0.25) is 0 Å². The summed E-state index contributed by atoms with van der Waals surface area (Å²) in [5.74, 6) is 1.29. The van der Waals surface area contributed by atoms with Gasteiger partial charge in [0, 0.05) is 6.07 Å². The van der Waals surface area contributed by atoms with Gasteiger partial charge in [-0.15, -0.1) is 0 Å². The Balaban J connectivity index is 2.11. The molecule has 0 aliphatic rings. The van der Waals surface area contributed by atoms with E-state index in [0.717, 1.165) is 0 Å². The maximum absolute atomic E-state index is 13.1. The monoisotopic (exact) mass is 382 g/mol. The fraction of sp³-hybridized carbons (Fsp3) is 0.273. The molecular formula is C22H22O6. The van der Waals surface area contributed by atoms with Crippen molar-refractivity contribution < 1.29 is 23.4 Å². The summed E-state index contributed by atoms with van der Waals surface area (Å²) in [6, 6.07) is 10.0. The zero-order valence-corrected chi connectivity index (χ0v) is 16.5. The van der Waals surface area contributed by atoms with E-state index in [1.165, 1.54) is 7.11 Å². The van der Waals surface area contributed by atoms with E-state index in [2.05, 4.69) is 0 Å². The second-order valence-electron chi connectivity index (χ2n) is 6.67. The van der Waals surface area contributed by atoms with E-state index >= 15 is 0 Å². The summed E-state index contributed by atoms with van der Waals surface area (Å²) >= 11 is 0. The molecule has 0 aliphatic heterocycles. The smallest absolute Gasteiger partial charge is 0.313 e. The van der Waals surface area contributed by atoms with Crippen LogP contribution in [0.5, 0.6) is 17.2 Å². The van der Waals surface area contributed by atoms with Gasteiger partial charge >= 0.3 is 5.97 Å². The molecule has 0 bridgehead atoms. The fourth-order valence-corrected chi connectivity index (χ4v) is 2.91. The third kappa shape index (κ3) is 3.58. The number of fused-ring (bicyclic) bond motifs is 1. The Hall–Kier alpha value is -3.28. The Morgan fingerprint density at radius 3 is 2.36 bits per heavy atom. The maximum Gasteiger partial charge on any atom is 0.313 e. The van der Waals surface area contributed by atoms with Gasteiger partial charge in [-0.3, -0.25) is 9.59 Å². The molecular weight excluding hydrogens is 360 g/mol. The third-order valence-corrected chi connectivity index (χ3v) is 4.40. The van der Waals surface area contributed by atoms with Crippen molar-refractivity contribution in [3.8, 4) is 28.4 Å². The molecule has 6 nitrogen and oxygen atoms in total. The first-order valence-electron chi connectivity index (χ1n) is 8.87. The van der Waals surface area contributed by atoms with E-state index in [9.17, 15) is 9.59 Å². The highest BCUT2D eigenvalue weighted by molar-refractivity contribution is 5.85. The number of carbonyl (C=O) groups excluding carboxylic acids is 1. The minimum atomic E-state index is -0.347. The van der Waals surface area contributed by atoms with Gasteiger partial charge in [0.15, 0.2) is 11.5 Å². The molecule has 0 radical (unpaired) electrons. The van der Waals surface area contributed by atoms with E-state index in [4.69, 9.17) is 18.6 Å². The van der Waals surface area contributed by atoms with E-state index in [1.54, 1.807) is 64.3 Å². The van der Waals surface area contributed by atoms with Gasteiger partial charge in [-0.1, -0.05) is 19.9 Å². The summed E-state index contributed by atoms with van der Waals surface area (Å²) in [7, 11) is 3.09. The minimum Gasteiger partial charge on any atom is -0.493 e. The molecule has 0 unspecified atom stereocenters. The number of methoxy groups -OCH3 is 2. The Bertz CT molecular complexity index is 1090. The maximum atomic E-state index is 13.1. The number of hydrogen-bond acceptors (Lipinski definition) is 6. The minimum absolute atomic E-state index is 0.173. The van der Waals surface area contributed by atoms with Crippen LogP contribution in [0.1, 0.15) is 19.6 Å². The molecule has 28 heavy (non-hydrogen) atoms. The molecule has 0 fully saturated rings. The quantitative estimate of drug-likeness (QED) is 0.482. The van der Waals surface area contributed by atoms with Gasteiger partial charge in [0.2, 0.25) is 5.43 Å². The number of rotatable bonds is 5. The van der Waals surface area contributed by atoms with Crippen LogP contribution in [0.4, 0.5) is 0 Å². The molecule has 0 aliphatic carbocycles. The van der Waals surface area contributed by atoms with Gasteiger partial charge in [-0.25, -0.2) is 0 Å². The average Bonchev–Trinajstić information content (AvgIpc) is 2.67. The van der Waals surface area contributed by atoms with Crippen LogP contribution in [0, 0.1) is 12.8 Å². The molecule has 0 amide bonds. The first-order valence-corrected chi connectivity index (χ1v) is 8.87. The van der Waals surface area contributed by atoms with Gasteiger partial charge in [-0.05, 0) is 36.8 Å². The molecule has 0 saturated heterocycles. The van der Waals surface area contributed by atoms with Crippen LogP contribution < -0.4 is 19.6 Å². The Morgan fingerprint density at radius 2 is 1.71 bits per heavy atom. The zero-order chi connectivity index (χ0) is 20.4. The van der Waals surface area contributed by atoms with Crippen molar-refractivity contribution in [2.24, 2.45) is 5.92 Å². The number of aryl methyl sites for hydroxylation is 1. The Kier molecular flexibility index (Phi) is 5.40. The van der Waals surface area contributed by atoms with Gasteiger partial charge in [0.05, 0.1) is 31.1 Å². The number of hydrogen-bond donors (Lipinski definition) is 0. The zero-order valence-electron chi connectivity index (χ0n) is 16.5. The van der Waals surface area contributed by atoms with Crippen molar-refractivity contribution in [3.05, 3.63) is 52.4 Å². The average molecular weight is 382 g/mol. The SMILES string of the molecule is COc1ccc(-c2c(C)oc3cc(OC(=O)C(C)C)ccc3c2=O)cc1OC. The van der Waals surface area contributed by atoms with E-state index in [0.29, 0.717) is 45.1 Å². The summed E-state index contributed by atoms with van der Waals surface area (Å²) in [5.41, 5.74) is 1.30. The van der Waals surface area contributed by atoms with Crippen molar-refractivity contribution >= 4 is 16.9 Å². The fourth-order valence-electron chi connectivity index (χ4n) is 2.91. The van der Waals surface area contributed by atoms with Crippen molar-refractivity contribution in [1.82, 2.24) is 0 Å². The highest BCUT2D eigenvalue weighted by atomic mass is 16.5. The summed E-state index contributed by atoms with van der Waals surface area (Å²) in [5, 5.41) is 0.403. The van der Waals surface area contributed by atoms with Gasteiger partial charge in [0.1, 0.15) is 17.1 Å². The topological polar surface area (TPSA) is 75.0 Å². The number of esters is 1. The van der Waals surface area contributed by atoms with Gasteiger partial charge in [-0.2, -0.15) is 0 Å². The van der Waals surface area contributed by atoms with E-state index in [-0.39, 0.29) is 17.3 Å².